The van der Waals surface area contributed by atoms with Gasteiger partial charge in [0.25, 0.3) is 5.91 Å². The number of likely N-dealkylation sites (tertiary alicyclic amines) is 2. The summed E-state index contributed by atoms with van der Waals surface area (Å²) in [5.74, 6) is 0.132. The van der Waals surface area contributed by atoms with E-state index >= 15 is 0 Å². The number of amides is 2. The quantitative estimate of drug-likeness (QED) is 0.834. The molecule has 2 saturated heterocycles. The summed E-state index contributed by atoms with van der Waals surface area (Å²) < 4.78 is 0. The van der Waals surface area contributed by atoms with Crippen LogP contribution < -0.4 is 0 Å². The Hall–Kier alpha value is -2.35. The summed E-state index contributed by atoms with van der Waals surface area (Å²) in [6, 6.07) is 1.83. The Labute approximate surface area is 149 Å². The number of hydrogen-bond acceptors (Lipinski definition) is 6. The third kappa shape index (κ3) is 3.02. The van der Waals surface area contributed by atoms with E-state index in [1.54, 1.807) is 17.4 Å². The van der Waals surface area contributed by atoms with Gasteiger partial charge in [0.2, 0.25) is 5.91 Å². The number of thiazole rings is 1. The highest BCUT2D eigenvalue weighted by atomic mass is 32.1. The molecule has 2 aromatic rings. The lowest BCUT2D eigenvalue weighted by molar-refractivity contribution is -0.138. The molecule has 0 N–H and O–H groups in total. The van der Waals surface area contributed by atoms with Crippen LogP contribution in [0.4, 0.5) is 0 Å². The molecule has 0 aromatic carbocycles. The van der Waals surface area contributed by atoms with Crippen LogP contribution in [0, 0.1) is 6.92 Å². The van der Waals surface area contributed by atoms with Gasteiger partial charge in [0.15, 0.2) is 0 Å². The molecule has 0 aliphatic carbocycles. The molecule has 0 radical (unpaired) electrons. The van der Waals surface area contributed by atoms with E-state index in [1.807, 2.05) is 22.1 Å². The molecule has 2 fully saturated rings. The molecule has 4 heterocycles. The summed E-state index contributed by atoms with van der Waals surface area (Å²) >= 11 is 1.60. The van der Waals surface area contributed by atoms with Crippen LogP contribution in [0.5, 0.6) is 0 Å². The maximum absolute atomic E-state index is 12.8. The van der Waals surface area contributed by atoms with Crippen LogP contribution in [0.3, 0.4) is 0 Å². The summed E-state index contributed by atoms with van der Waals surface area (Å²) in [5.41, 5.74) is 1.48. The Morgan fingerprint density at radius 3 is 2.92 bits per heavy atom. The van der Waals surface area contributed by atoms with Gasteiger partial charge in [-0.25, -0.2) is 4.98 Å². The molecule has 130 valence electrons. The fourth-order valence-electron chi connectivity index (χ4n) is 3.84. The molecule has 7 nitrogen and oxygen atoms in total. The summed E-state index contributed by atoms with van der Waals surface area (Å²) in [5, 5.41) is 10.5. The summed E-state index contributed by atoms with van der Waals surface area (Å²) in [6.07, 6.45) is 5.04. The van der Waals surface area contributed by atoms with Crippen molar-refractivity contribution in [3.05, 3.63) is 40.1 Å². The van der Waals surface area contributed by atoms with E-state index in [-0.39, 0.29) is 23.9 Å². The van der Waals surface area contributed by atoms with Crippen molar-refractivity contribution in [2.75, 3.05) is 6.54 Å². The van der Waals surface area contributed by atoms with Crippen LogP contribution >= 0.6 is 11.3 Å². The van der Waals surface area contributed by atoms with Crippen molar-refractivity contribution in [3.63, 3.8) is 0 Å². The fourth-order valence-corrected chi connectivity index (χ4v) is 4.45. The van der Waals surface area contributed by atoms with Gasteiger partial charge in [-0.05, 0) is 25.8 Å². The first-order valence-corrected chi connectivity index (χ1v) is 9.29. The van der Waals surface area contributed by atoms with Crippen molar-refractivity contribution in [3.8, 4) is 0 Å². The fraction of sp³-hybridized carbons (Fsp3) is 0.471. The average molecular weight is 357 g/mol. The number of carbonyl (C=O) groups excluding carboxylic acids is 2. The van der Waals surface area contributed by atoms with Gasteiger partial charge in [-0.1, -0.05) is 0 Å². The standard InChI is InChI=1S/C17H19N5O2S/c1-11-20-13(10-25-11)9-22-15-5-7-21(14(15)2-3-16(22)23)17(24)12-4-6-18-19-8-12/h4,6,8,10,14-15H,2-3,5,7,9H2,1H3/t14-,15-/m1/s1. The van der Waals surface area contributed by atoms with Crippen molar-refractivity contribution in [1.29, 1.82) is 0 Å². The number of aryl methyl sites for hydroxylation is 1. The average Bonchev–Trinajstić information content (AvgIpc) is 3.24. The van der Waals surface area contributed by atoms with Crippen LogP contribution in [0.25, 0.3) is 0 Å². The van der Waals surface area contributed by atoms with E-state index < -0.39 is 0 Å². The van der Waals surface area contributed by atoms with Gasteiger partial charge in [0.05, 0.1) is 47.3 Å². The smallest absolute Gasteiger partial charge is 0.255 e. The van der Waals surface area contributed by atoms with Crippen molar-refractivity contribution >= 4 is 23.2 Å². The summed E-state index contributed by atoms with van der Waals surface area (Å²) in [7, 11) is 0. The largest absolute Gasteiger partial charge is 0.333 e. The first-order valence-electron chi connectivity index (χ1n) is 8.41. The molecule has 0 unspecified atom stereocenters. The van der Waals surface area contributed by atoms with Crippen molar-refractivity contribution in [2.24, 2.45) is 0 Å². The number of hydrogen-bond donors (Lipinski definition) is 0. The molecular formula is C17H19N5O2S. The molecule has 2 aromatic heterocycles. The van der Waals surface area contributed by atoms with Gasteiger partial charge < -0.3 is 9.80 Å². The Morgan fingerprint density at radius 2 is 2.20 bits per heavy atom. The second kappa shape index (κ2) is 6.51. The molecule has 0 bridgehead atoms. The molecule has 0 saturated carbocycles. The van der Waals surface area contributed by atoms with Crippen molar-refractivity contribution in [1.82, 2.24) is 25.0 Å². The van der Waals surface area contributed by atoms with Gasteiger partial charge in [-0.15, -0.1) is 11.3 Å². The minimum Gasteiger partial charge on any atom is -0.333 e. The number of aromatic nitrogens is 3. The minimum absolute atomic E-state index is 0.0267. The molecule has 2 aliphatic rings. The predicted molar refractivity (Wildman–Crippen MR) is 91.9 cm³/mol. The maximum atomic E-state index is 12.8. The Kier molecular flexibility index (Phi) is 4.20. The molecule has 2 atom stereocenters. The Bertz CT molecular complexity index is 793. The zero-order valence-electron chi connectivity index (χ0n) is 14.0. The minimum atomic E-state index is -0.0267. The number of piperidine rings is 1. The van der Waals surface area contributed by atoms with Gasteiger partial charge in [-0.3, -0.25) is 9.59 Å². The molecular weight excluding hydrogens is 338 g/mol. The third-order valence-corrected chi connectivity index (χ3v) is 5.80. The van der Waals surface area contributed by atoms with E-state index in [2.05, 4.69) is 15.2 Å². The second-order valence-electron chi connectivity index (χ2n) is 6.47. The molecule has 0 spiro atoms. The lowest BCUT2D eigenvalue weighted by atomic mass is 9.96. The Balaban J connectivity index is 1.53. The van der Waals surface area contributed by atoms with E-state index in [0.29, 0.717) is 25.1 Å². The highest BCUT2D eigenvalue weighted by Crippen LogP contribution is 2.33. The zero-order valence-corrected chi connectivity index (χ0v) is 14.8. The molecule has 4 rings (SSSR count). The highest BCUT2D eigenvalue weighted by Gasteiger charge is 2.45. The lowest BCUT2D eigenvalue weighted by Crippen LogP contribution is -2.52. The monoisotopic (exact) mass is 357 g/mol. The molecule has 8 heteroatoms. The lowest BCUT2D eigenvalue weighted by Gasteiger charge is -2.39. The van der Waals surface area contributed by atoms with E-state index in [4.69, 9.17) is 0 Å². The third-order valence-electron chi connectivity index (χ3n) is 4.98. The highest BCUT2D eigenvalue weighted by molar-refractivity contribution is 7.09. The van der Waals surface area contributed by atoms with Crippen LogP contribution in [0.15, 0.2) is 23.8 Å². The van der Waals surface area contributed by atoms with Crippen LogP contribution in [-0.2, 0) is 11.3 Å². The molecule has 25 heavy (non-hydrogen) atoms. The zero-order chi connectivity index (χ0) is 17.4. The summed E-state index contributed by atoms with van der Waals surface area (Å²) in [6.45, 7) is 3.16. The predicted octanol–water partition coefficient (Wildman–Crippen LogP) is 1.65. The maximum Gasteiger partial charge on any atom is 0.255 e. The number of fused-ring (bicyclic) bond motifs is 1. The van der Waals surface area contributed by atoms with Gasteiger partial charge in [0.1, 0.15) is 0 Å². The topological polar surface area (TPSA) is 79.3 Å². The summed E-state index contributed by atoms with van der Waals surface area (Å²) in [4.78, 5) is 33.6. The molecule has 2 amide bonds. The SMILES string of the molecule is Cc1nc(CN2C(=O)CC[C@@H]3[C@H]2CCN3C(=O)c2ccnnc2)cs1. The second-order valence-corrected chi connectivity index (χ2v) is 7.53. The van der Waals surface area contributed by atoms with Crippen molar-refractivity contribution in [2.45, 2.75) is 44.8 Å². The molecule has 2 aliphatic heterocycles. The van der Waals surface area contributed by atoms with Crippen LogP contribution in [-0.4, -0.2) is 55.4 Å². The van der Waals surface area contributed by atoms with Gasteiger partial charge in [-0.2, -0.15) is 10.2 Å². The first-order chi connectivity index (χ1) is 12.1. The first kappa shape index (κ1) is 16.1. The van der Waals surface area contributed by atoms with Crippen LogP contribution in [0.2, 0.25) is 0 Å². The Morgan fingerprint density at radius 1 is 1.32 bits per heavy atom. The van der Waals surface area contributed by atoms with Gasteiger partial charge in [0, 0.05) is 18.3 Å². The van der Waals surface area contributed by atoms with Gasteiger partial charge >= 0.3 is 0 Å². The number of rotatable bonds is 3. The van der Waals surface area contributed by atoms with Crippen molar-refractivity contribution < 1.29 is 9.59 Å². The van der Waals surface area contributed by atoms with E-state index in [0.717, 1.165) is 23.5 Å². The normalized spacial score (nSPS) is 23.0. The van der Waals surface area contributed by atoms with Crippen LogP contribution in [0.1, 0.15) is 40.3 Å². The van der Waals surface area contributed by atoms with E-state index in [1.165, 1.54) is 12.4 Å². The van der Waals surface area contributed by atoms with E-state index in [9.17, 15) is 9.59 Å². The number of carbonyl (C=O) groups is 2. The number of nitrogens with zero attached hydrogens (tertiary/aromatic N) is 5.